The summed E-state index contributed by atoms with van der Waals surface area (Å²) in [7, 11) is 0. The second-order valence-corrected chi connectivity index (χ2v) is 7.47. The lowest BCUT2D eigenvalue weighted by molar-refractivity contribution is 0.0499. The summed E-state index contributed by atoms with van der Waals surface area (Å²) in [4.78, 5) is 36.8. The van der Waals surface area contributed by atoms with Crippen LogP contribution >= 0.6 is 11.6 Å². The number of nitrogens with zero attached hydrogens (tertiary/aromatic N) is 1. The summed E-state index contributed by atoms with van der Waals surface area (Å²) in [5.41, 5.74) is 1.92. The number of pyridine rings is 1. The number of amides is 1. The first kappa shape index (κ1) is 22.3. The fourth-order valence-electron chi connectivity index (χ4n) is 2.91. The van der Waals surface area contributed by atoms with Crippen LogP contribution in [-0.2, 0) is 11.3 Å². The zero-order valence-electron chi connectivity index (χ0n) is 17.1. The van der Waals surface area contributed by atoms with Crippen LogP contribution in [0.2, 0.25) is 5.02 Å². The number of aromatic nitrogens is 1. The maximum Gasteiger partial charge on any atom is 0.338 e. The highest BCUT2D eigenvalue weighted by Gasteiger charge is 2.11. The van der Waals surface area contributed by atoms with E-state index in [1.807, 2.05) is 19.1 Å². The van der Waals surface area contributed by atoms with E-state index in [9.17, 15) is 14.4 Å². The molecule has 0 unspecified atom stereocenters. The summed E-state index contributed by atoms with van der Waals surface area (Å²) in [6, 6.07) is 16.5. The molecule has 3 aromatic rings. The third-order valence-electron chi connectivity index (χ3n) is 4.60. The molecule has 3 rings (SSSR count). The Hall–Kier alpha value is -3.38. The van der Waals surface area contributed by atoms with Gasteiger partial charge in [0, 0.05) is 23.0 Å². The number of ether oxygens (including phenoxy) is 1. The van der Waals surface area contributed by atoms with Gasteiger partial charge in [-0.05, 0) is 54.4 Å². The van der Waals surface area contributed by atoms with Gasteiger partial charge in [0.2, 0.25) is 0 Å². The quantitative estimate of drug-likeness (QED) is 0.406. The molecule has 1 heterocycles. The van der Waals surface area contributed by atoms with Crippen LogP contribution in [0.4, 0.5) is 5.69 Å². The summed E-state index contributed by atoms with van der Waals surface area (Å²) < 4.78 is 6.63. The van der Waals surface area contributed by atoms with Crippen molar-refractivity contribution in [2.75, 3.05) is 11.9 Å². The zero-order valence-corrected chi connectivity index (χ0v) is 17.9. The Morgan fingerprint density at radius 2 is 1.77 bits per heavy atom. The van der Waals surface area contributed by atoms with Gasteiger partial charge in [0.15, 0.2) is 0 Å². The molecule has 6 nitrogen and oxygen atoms in total. The Morgan fingerprint density at radius 3 is 2.48 bits per heavy atom. The summed E-state index contributed by atoms with van der Waals surface area (Å²) in [5, 5.41) is 3.35. The van der Waals surface area contributed by atoms with Crippen LogP contribution in [0.1, 0.15) is 46.0 Å². The first-order valence-corrected chi connectivity index (χ1v) is 10.4. The monoisotopic (exact) mass is 438 g/mol. The predicted molar refractivity (Wildman–Crippen MR) is 121 cm³/mol. The minimum atomic E-state index is -0.389. The number of halogens is 1. The van der Waals surface area contributed by atoms with Crippen LogP contribution in [0.15, 0.2) is 71.7 Å². The van der Waals surface area contributed by atoms with E-state index >= 15 is 0 Å². The number of rotatable bonds is 8. The van der Waals surface area contributed by atoms with Crippen molar-refractivity contribution in [3.63, 3.8) is 0 Å². The lowest BCUT2D eigenvalue weighted by atomic mass is 10.2. The Kier molecular flexibility index (Phi) is 7.62. The number of hydrogen-bond donors (Lipinski definition) is 1. The van der Waals surface area contributed by atoms with Gasteiger partial charge in [-0.2, -0.15) is 0 Å². The molecule has 7 heteroatoms. The number of carbonyl (C=O) groups excluding carboxylic acids is 2. The van der Waals surface area contributed by atoms with Gasteiger partial charge < -0.3 is 14.6 Å². The molecule has 160 valence electrons. The highest BCUT2D eigenvalue weighted by molar-refractivity contribution is 6.30. The van der Waals surface area contributed by atoms with Crippen molar-refractivity contribution in [1.29, 1.82) is 0 Å². The molecule has 0 fully saturated rings. The van der Waals surface area contributed by atoms with Crippen LogP contribution in [0.25, 0.3) is 0 Å². The molecule has 0 bridgehead atoms. The average molecular weight is 439 g/mol. The normalized spacial score (nSPS) is 10.5. The number of unbranched alkanes of at least 4 members (excludes halogenated alkanes) is 1. The van der Waals surface area contributed by atoms with E-state index in [0.29, 0.717) is 35.0 Å². The molecule has 1 N–H and O–H groups in total. The number of esters is 1. The van der Waals surface area contributed by atoms with Crippen molar-refractivity contribution in [3.8, 4) is 0 Å². The molecular formula is C24H23ClN2O4. The lowest BCUT2D eigenvalue weighted by Gasteiger charge is -2.10. The van der Waals surface area contributed by atoms with E-state index in [0.717, 1.165) is 18.4 Å². The van der Waals surface area contributed by atoms with Crippen LogP contribution < -0.4 is 10.9 Å². The third-order valence-corrected chi connectivity index (χ3v) is 4.83. The molecule has 1 amide bonds. The van der Waals surface area contributed by atoms with Gasteiger partial charge in [-0.3, -0.25) is 9.59 Å². The van der Waals surface area contributed by atoms with E-state index in [1.54, 1.807) is 36.4 Å². The summed E-state index contributed by atoms with van der Waals surface area (Å²) >= 11 is 6.00. The van der Waals surface area contributed by atoms with Gasteiger partial charge in [-0.15, -0.1) is 0 Å². The second kappa shape index (κ2) is 10.6. The van der Waals surface area contributed by atoms with Crippen LogP contribution in [0, 0.1) is 0 Å². The van der Waals surface area contributed by atoms with Crippen molar-refractivity contribution in [3.05, 3.63) is 98.9 Å². The van der Waals surface area contributed by atoms with Gasteiger partial charge in [0.1, 0.15) is 0 Å². The molecular weight excluding hydrogens is 416 g/mol. The van der Waals surface area contributed by atoms with Crippen LogP contribution in [0.3, 0.4) is 0 Å². The number of carbonyl (C=O) groups is 2. The molecule has 0 aliphatic rings. The van der Waals surface area contributed by atoms with Crippen molar-refractivity contribution in [2.45, 2.75) is 26.3 Å². The Morgan fingerprint density at radius 1 is 1.03 bits per heavy atom. The largest absolute Gasteiger partial charge is 0.462 e. The van der Waals surface area contributed by atoms with Crippen molar-refractivity contribution in [2.24, 2.45) is 0 Å². The fraction of sp³-hybridized carbons (Fsp3) is 0.208. The minimum absolute atomic E-state index is 0.220. The number of nitrogens with one attached hydrogen (secondary N) is 1. The molecule has 0 aliphatic carbocycles. The first-order chi connectivity index (χ1) is 15.0. The van der Waals surface area contributed by atoms with Crippen molar-refractivity contribution in [1.82, 2.24) is 4.57 Å². The Balaban J connectivity index is 1.67. The molecule has 0 atom stereocenters. The topological polar surface area (TPSA) is 77.4 Å². The maximum atomic E-state index is 12.6. The minimum Gasteiger partial charge on any atom is -0.462 e. The van der Waals surface area contributed by atoms with Gasteiger partial charge in [-0.1, -0.05) is 37.1 Å². The van der Waals surface area contributed by atoms with Gasteiger partial charge in [0.25, 0.3) is 11.5 Å². The molecule has 0 saturated carbocycles. The highest BCUT2D eigenvalue weighted by Crippen LogP contribution is 2.14. The number of benzene rings is 2. The first-order valence-electron chi connectivity index (χ1n) is 9.99. The van der Waals surface area contributed by atoms with Gasteiger partial charge >= 0.3 is 5.97 Å². The van der Waals surface area contributed by atoms with Gasteiger partial charge in [0.05, 0.1) is 24.3 Å². The Bertz CT molecular complexity index is 1120. The highest BCUT2D eigenvalue weighted by atomic mass is 35.5. The summed E-state index contributed by atoms with van der Waals surface area (Å²) in [6.45, 7) is 2.71. The third kappa shape index (κ3) is 6.30. The van der Waals surface area contributed by atoms with E-state index in [1.165, 1.54) is 22.9 Å². The van der Waals surface area contributed by atoms with Gasteiger partial charge in [-0.25, -0.2) is 4.79 Å². The van der Waals surface area contributed by atoms with Crippen LogP contribution in [0.5, 0.6) is 0 Å². The van der Waals surface area contributed by atoms with Crippen LogP contribution in [-0.4, -0.2) is 23.1 Å². The standard InChI is InChI=1S/C24H23ClN2O4/c1-2-3-13-31-24(30)18-7-10-21(11-8-18)26-23(29)19-9-12-22(28)27(16-19)15-17-5-4-6-20(25)14-17/h4-12,14,16H,2-3,13,15H2,1H3,(H,26,29). The molecule has 0 radical (unpaired) electrons. The SMILES string of the molecule is CCCCOC(=O)c1ccc(NC(=O)c2ccc(=O)n(Cc3cccc(Cl)c3)c2)cc1. The second-order valence-electron chi connectivity index (χ2n) is 7.03. The molecule has 0 aliphatic heterocycles. The predicted octanol–water partition coefficient (Wildman–Crippen LogP) is 4.76. The van der Waals surface area contributed by atoms with E-state index in [-0.39, 0.29) is 17.4 Å². The van der Waals surface area contributed by atoms with E-state index in [2.05, 4.69) is 5.32 Å². The van der Waals surface area contributed by atoms with Crippen molar-refractivity contribution < 1.29 is 14.3 Å². The lowest BCUT2D eigenvalue weighted by Crippen LogP contribution is -2.22. The molecule has 0 saturated heterocycles. The van der Waals surface area contributed by atoms with E-state index in [4.69, 9.17) is 16.3 Å². The number of hydrogen-bond acceptors (Lipinski definition) is 4. The van der Waals surface area contributed by atoms with Crippen molar-refractivity contribution >= 4 is 29.2 Å². The summed E-state index contributed by atoms with van der Waals surface area (Å²) in [6.07, 6.45) is 3.28. The molecule has 0 spiro atoms. The van der Waals surface area contributed by atoms with E-state index < -0.39 is 0 Å². The molecule has 1 aromatic heterocycles. The summed E-state index contributed by atoms with van der Waals surface area (Å²) in [5.74, 6) is -0.752. The average Bonchev–Trinajstić information content (AvgIpc) is 2.76. The molecule has 31 heavy (non-hydrogen) atoms. The zero-order chi connectivity index (χ0) is 22.2. The Labute approximate surface area is 185 Å². The number of anilines is 1. The fourth-order valence-corrected chi connectivity index (χ4v) is 3.12. The smallest absolute Gasteiger partial charge is 0.338 e. The maximum absolute atomic E-state index is 12.6. The molecule has 2 aromatic carbocycles.